The number of nitro benzene ring substituents is 2. The van der Waals surface area contributed by atoms with Gasteiger partial charge in [0.1, 0.15) is 5.01 Å². The van der Waals surface area contributed by atoms with Gasteiger partial charge in [0, 0.05) is 46.2 Å². The van der Waals surface area contributed by atoms with Crippen LogP contribution in [0.5, 0.6) is 0 Å². The molecule has 164 valence electrons. The first kappa shape index (κ1) is 21.7. The number of rotatable bonds is 6. The molecule has 0 radical (unpaired) electrons. The third-order valence-corrected chi connectivity index (χ3v) is 5.74. The Labute approximate surface area is 190 Å². The number of benzene rings is 2. The van der Waals surface area contributed by atoms with Crippen LogP contribution in [-0.2, 0) is 0 Å². The van der Waals surface area contributed by atoms with Crippen molar-refractivity contribution in [2.45, 2.75) is 6.92 Å². The van der Waals surface area contributed by atoms with Crippen LogP contribution < -0.4 is 5.32 Å². The molecule has 2 aromatic carbocycles. The largest absolute Gasteiger partial charge is 0.322 e. The summed E-state index contributed by atoms with van der Waals surface area (Å²) in [7, 11) is 0. The van der Waals surface area contributed by atoms with Gasteiger partial charge in [-0.15, -0.1) is 11.3 Å². The second kappa shape index (κ2) is 8.93. The summed E-state index contributed by atoms with van der Waals surface area (Å²) in [5, 5.41) is 27.8. The summed E-state index contributed by atoms with van der Waals surface area (Å²) in [5.41, 5.74) is 1.64. The molecule has 2 aromatic heterocycles. The van der Waals surface area contributed by atoms with E-state index in [9.17, 15) is 25.0 Å². The monoisotopic (exact) mass is 461 g/mol. The first-order valence-corrected chi connectivity index (χ1v) is 10.4. The van der Waals surface area contributed by atoms with Crippen molar-refractivity contribution in [3.05, 3.63) is 97.7 Å². The van der Waals surface area contributed by atoms with E-state index in [1.54, 1.807) is 30.6 Å². The number of amides is 1. The van der Waals surface area contributed by atoms with E-state index in [4.69, 9.17) is 0 Å². The van der Waals surface area contributed by atoms with Gasteiger partial charge in [-0.2, -0.15) is 0 Å². The van der Waals surface area contributed by atoms with Gasteiger partial charge < -0.3 is 5.32 Å². The average molecular weight is 461 g/mol. The molecule has 0 atom stereocenters. The van der Waals surface area contributed by atoms with Gasteiger partial charge in [0.2, 0.25) is 0 Å². The normalized spacial score (nSPS) is 10.6. The summed E-state index contributed by atoms with van der Waals surface area (Å²) in [4.78, 5) is 42.5. The molecule has 0 spiro atoms. The van der Waals surface area contributed by atoms with Gasteiger partial charge in [-0.1, -0.05) is 12.1 Å². The Kier molecular flexibility index (Phi) is 5.87. The molecule has 0 aliphatic rings. The number of pyridine rings is 1. The zero-order valence-electron chi connectivity index (χ0n) is 17.1. The molecule has 0 saturated heterocycles. The maximum Gasteiger partial charge on any atom is 0.279 e. The molecule has 0 bridgehead atoms. The highest BCUT2D eigenvalue weighted by Gasteiger charge is 2.24. The molecule has 1 amide bonds. The summed E-state index contributed by atoms with van der Waals surface area (Å²) in [6.07, 6.45) is 3.40. The molecule has 0 fully saturated rings. The van der Waals surface area contributed by atoms with Crippen LogP contribution in [0.25, 0.3) is 21.8 Å². The van der Waals surface area contributed by atoms with Crippen LogP contribution in [0.4, 0.5) is 17.1 Å². The lowest BCUT2D eigenvalue weighted by Crippen LogP contribution is -2.14. The number of nitro groups is 2. The van der Waals surface area contributed by atoms with Crippen LogP contribution in [0.1, 0.15) is 15.9 Å². The number of non-ortho nitro benzene ring substituents is 1. The summed E-state index contributed by atoms with van der Waals surface area (Å²) in [6.45, 7) is 1.38. The Balaban J connectivity index is 1.62. The van der Waals surface area contributed by atoms with Crippen molar-refractivity contribution in [2.75, 3.05) is 5.32 Å². The maximum absolute atomic E-state index is 12.8. The third kappa shape index (κ3) is 4.57. The van der Waals surface area contributed by atoms with Crippen LogP contribution in [0.3, 0.4) is 0 Å². The quantitative estimate of drug-likeness (QED) is 0.305. The average Bonchev–Trinajstić information content (AvgIpc) is 3.30. The van der Waals surface area contributed by atoms with E-state index in [0.717, 1.165) is 28.3 Å². The second-order valence-electron chi connectivity index (χ2n) is 6.97. The molecular weight excluding hydrogens is 446 g/mol. The molecule has 10 nitrogen and oxygen atoms in total. The van der Waals surface area contributed by atoms with E-state index in [2.05, 4.69) is 15.3 Å². The smallest absolute Gasteiger partial charge is 0.279 e. The first-order valence-electron chi connectivity index (χ1n) is 9.54. The first-order chi connectivity index (χ1) is 15.8. The molecule has 0 unspecified atom stereocenters. The zero-order valence-corrected chi connectivity index (χ0v) is 17.9. The number of nitrogens with zero attached hydrogens (tertiary/aromatic N) is 4. The Morgan fingerprint density at radius 1 is 1.03 bits per heavy atom. The standard InChI is InChI=1S/C22H15N5O5S/c1-13-18(9-17(26(29)30)10-20(13)27(31)32)21(28)24-16-6-2-4-14(8-16)19-12-33-22(25-19)15-5-3-7-23-11-15/h2-12H,1H3,(H,24,28). The highest BCUT2D eigenvalue weighted by atomic mass is 32.1. The van der Waals surface area contributed by atoms with Crippen LogP contribution in [0.15, 0.2) is 66.3 Å². The number of hydrogen-bond acceptors (Lipinski definition) is 8. The van der Waals surface area contributed by atoms with Crippen molar-refractivity contribution < 1.29 is 14.6 Å². The fourth-order valence-corrected chi connectivity index (χ4v) is 4.02. The van der Waals surface area contributed by atoms with Gasteiger partial charge in [0.25, 0.3) is 17.3 Å². The number of hydrogen-bond donors (Lipinski definition) is 1. The second-order valence-corrected chi connectivity index (χ2v) is 7.82. The molecule has 4 rings (SSSR count). The van der Waals surface area contributed by atoms with Crippen molar-refractivity contribution in [3.8, 4) is 21.8 Å². The predicted octanol–water partition coefficient (Wildman–Crippen LogP) is 5.25. The SMILES string of the molecule is Cc1c(C(=O)Nc2cccc(-c3csc(-c4cccnc4)n3)c2)cc([N+](=O)[O-])cc1[N+](=O)[O-]. The lowest BCUT2D eigenvalue weighted by molar-refractivity contribution is -0.394. The van der Waals surface area contributed by atoms with E-state index in [1.165, 1.54) is 18.3 Å². The van der Waals surface area contributed by atoms with E-state index in [1.807, 2.05) is 23.6 Å². The lowest BCUT2D eigenvalue weighted by atomic mass is 10.0. The molecule has 0 aliphatic heterocycles. The minimum Gasteiger partial charge on any atom is -0.322 e. The van der Waals surface area contributed by atoms with E-state index in [-0.39, 0.29) is 11.1 Å². The van der Waals surface area contributed by atoms with Gasteiger partial charge in [0.15, 0.2) is 0 Å². The number of carbonyl (C=O) groups excluding carboxylic acids is 1. The molecule has 1 N–H and O–H groups in total. The van der Waals surface area contributed by atoms with Crippen molar-refractivity contribution in [3.63, 3.8) is 0 Å². The summed E-state index contributed by atoms with van der Waals surface area (Å²) in [5.74, 6) is -0.689. The van der Waals surface area contributed by atoms with Gasteiger partial charge in [-0.05, 0) is 31.2 Å². The maximum atomic E-state index is 12.8. The van der Waals surface area contributed by atoms with E-state index in [0.29, 0.717) is 11.4 Å². The third-order valence-electron chi connectivity index (χ3n) is 4.85. The van der Waals surface area contributed by atoms with Crippen molar-refractivity contribution in [1.29, 1.82) is 0 Å². The van der Waals surface area contributed by atoms with Gasteiger partial charge >= 0.3 is 0 Å². The Hall–Kier alpha value is -4.51. The van der Waals surface area contributed by atoms with E-state index >= 15 is 0 Å². The fraction of sp³-hybridized carbons (Fsp3) is 0.0455. The van der Waals surface area contributed by atoms with Crippen LogP contribution in [0, 0.1) is 27.2 Å². The Morgan fingerprint density at radius 3 is 2.52 bits per heavy atom. The number of aromatic nitrogens is 2. The van der Waals surface area contributed by atoms with Crippen molar-refractivity contribution in [1.82, 2.24) is 9.97 Å². The predicted molar refractivity (Wildman–Crippen MR) is 123 cm³/mol. The summed E-state index contributed by atoms with van der Waals surface area (Å²) in [6, 6.07) is 12.5. The van der Waals surface area contributed by atoms with Gasteiger partial charge in [-0.3, -0.25) is 30.0 Å². The number of thiazole rings is 1. The number of anilines is 1. The highest BCUT2D eigenvalue weighted by Crippen LogP contribution is 2.31. The Morgan fingerprint density at radius 2 is 1.82 bits per heavy atom. The molecule has 4 aromatic rings. The Bertz CT molecular complexity index is 1390. The van der Waals surface area contributed by atoms with Crippen LogP contribution in [-0.4, -0.2) is 25.7 Å². The minimum absolute atomic E-state index is 0.0415. The van der Waals surface area contributed by atoms with Crippen LogP contribution >= 0.6 is 11.3 Å². The highest BCUT2D eigenvalue weighted by molar-refractivity contribution is 7.13. The molecule has 2 heterocycles. The minimum atomic E-state index is -0.772. The lowest BCUT2D eigenvalue weighted by Gasteiger charge is -2.09. The summed E-state index contributed by atoms with van der Waals surface area (Å²) < 4.78 is 0. The van der Waals surface area contributed by atoms with Crippen molar-refractivity contribution in [2.24, 2.45) is 0 Å². The van der Waals surface area contributed by atoms with E-state index < -0.39 is 27.1 Å². The zero-order chi connectivity index (χ0) is 23.5. The van der Waals surface area contributed by atoms with Crippen LogP contribution in [0.2, 0.25) is 0 Å². The van der Waals surface area contributed by atoms with Gasteiger partial charge in [-0.25, -0.2) is 4.98 Å². The molecule has 33 heavy (non-hydrogen) atoms. The van der Waals surface area contributed by atoms with Gasteiger partial charge in [0.05, 0.1) is 27.2 Å². The molecule has 11 heteroatoms. The molecular formula is C22H15N5O5S. The number of nitrogens with one attached hydrogen (secondary N) is 1. The number of carbonyl (C=O) groups is 1. The van der Waals surface area contributed by atoms with Crippen molar-refractivity contribution >= 4 is 34.3 Å². The molecule has 0 aliphatic carbocycles. The fourth-order valence-electron chi connectivity index (χ4n) is 3.20. The topological polar surface area (TPSA) is 141 Å². The summed E-state index contributed by atoms with van der Waals surface area (Å²) >= 11 is 1.46. The molecule has 0 saturated carbocycles.